The van der Waals surface area contributed by atoms with Gasteiger partial charge in [0.2, 0.25) is 0 Å². The van der Waals surface area contributed by atoms with Gasteiger partial charge in [-0.25, -0.2) is 0 Å². The molecule has 2 aromatic rings. The highest BCUT2D eigenvalue weighted by molar-refractivity contribution is 14.0. The van der Waals surface area contributed by atoms with Crippen molar-refractivity contribution in [2.45, 2.75) is 39.2 Å². The van der Waals surface area contributed by atoms with Crippen molar-refractivity contribution in [3.05, 3.63) is 35.5 Å². The topological polar surface area (TPSA) is 71.5 Å². The summed E-state index contributed by atoms with van der Waals surface area (Å²) in [4.78, 5) is 6.75. The SMILES string of the molecule is CN=C(NCc1cc(C(C)C)no1)N1CCC(Cc2cnn(C)c2)C1.I. The van der Waals surface area contributed by atoms with Crippen LogP contribution < -0.4 is 5.32 Å². The second-order valence-corrected chi connectivity index (χ2v) is 7.10. The van der Waals surface area contributed by atoms with Crippen LogP contribution in [0.25, 0.3) is 0 Å². The van der Waals surface area contributed by atoms with Crippen LogP contribution in [0, 0.1) is 5.92 Å². The molecule has 1 aliphatic rings. The van der Waals surface area contributed by atoms with Crippen LogP contribution in [0.3, 0.4) is 0 Å². The first-order valence-corrected chi connectivity index (χ1v) is 8.93. The molecule has 1 unspecified atom stereocenters. The van der Waals surface area contributed by atoms with E-state index in [1.165, 1.54) is 12.0 Å². The molecule has 0 spiro atoms. The third-order valence-corrected chi connectivity index (χ3v) is 4.67. The van der Waals surface area contributed by atoms with Crippen LogP contribution in [0.5, 0.6) is 0 Å². The molecule has 3 rings (SSSR count). The number of aromatic nitrogens is 3. The molecule has 0 aromatic carbocycles. The highest BCUT2D eigenvalue weighted by atomic mass is 127. The van der Waals surface area contributed by atoms with E-state index in [1.54, 1.807) is 0 Å². The quantitative estimate of drug-likeness (QED) is 0.412. The first-order valence-electron chi connectivity index (χ1n) is 8.93. The van der Waals surface area contributed by atoms with Gasteiger partial charge in [-0.15, -0.1) is 24.0 Å². The summed E-state index contributed by atoms with van der Waals surface area (Å²) in [7, 11) is 3.79. The number of aryl methyl sites for hydroxylation is 1. The summed E-state index contributed by atoms with van der Waals surface area (Å²) >= 11 is 0. The van der Waals surface area contributed by atoms with E-state index in [-0.39, 0.29) is 24.0 Å². The Labute approximate surface area is 172 Å². The Morgan fingerprint density at radius 2 is 2.27 bits per heavy atom. The molecule has 1 atom stereocenters. The van der Waals surface area contributed by atoms with Crippen LogP contribution in [0.15, 0.2) is 28.0 Å². The van der Waals surface area contributed by atoms with Crippen molar-refractivity contribution in [3.8, 4) is 0 Å². The van der Waals surface area contributed by atoms with Crippen molar-refractivity contribution in [1.29, 1.82) is 0 Å². The van der Waals surface area contributed by atoms with E-state index in [4.69, 9.17) is 4.52 Å². The summed E-state index contributed by atoms with van der Waals surface area (Å²) in [6.07, 6.45) is 6.31. The lowest BCUT2D eigenvalue weighted by atomic mass is 10.0. The molecule has 0 radical (unpaired) electrons. The largest absolute Gasteiger partial charge is 0.359 e. The molecule has 1 aliphatic heterocycles. The Kier molecular flexibility index (Phi) is 7.48. The predicted octanol–water partition coefficient (Wildman–Crippen LogP) is 2.79. The van der Waals surface area contributed by atoms with Crippen LogP contribution in [0.1, 0.15) is 43.2 Å². The van der Waals surface area contributed by atoms with Crippen LogP contribution >= 0.6 is 24.0 Å². The van der Waals surface area contributed by atoms with E-state index in [2.05, 4.69) is 45.5 Å². The summed E-state index contributed by atoms with van der Waals surface area (Å²) in [5.41, 5.74) is 2.30. The van der Waals surface area contributed by atoms with Crippen molar-refractivity contribution in [1.82, 2.24) is 25.2 Å². The van der Waals surface area contributed by atoms with Gasteiger partial charge in [-0.3, -0.25) is 9.67 Å². The summed E-state index contributed by atoms with van der Waals surface area (Å²) in [6.45, 7) is 6.87. The summed E-state index contributed by atoms with van der Waals surface area (Å²) in [6, 6.07) is 2.01. The van der Waals surface area contributed by atoms with Gasteiger partial charge in [0.1, 0.15) is 0 Å². The van der Waals surface area contributed by atoms with Gasteiger partial charge in [0.25, 0.3) is 0 Å². The molecule has 0 saturated carbocycles. The predicted molar refractivity (Wildman–Crippen MR) is 113 cm³/mol. The zero-order valence-corrected chi connectivity index (χ0v) is 18.3. The number of nitrogens with zero attached hydrogens (tertiary/aromatic N) is 5. The molecular formula is C18H29IN6O. The maximum absolute atomic E-state index is 5.39. The van der Waals surface area contributed by atoms with E-state index in [9.17, 15) is 0 Å². The number of guanidine groups is 1. The molecule has 1 fully saturated rings. The molecule has 0 bridgehead atoms. The number of nitrogens with one attached hydrogen (secondary N) is 1. The van der Waals surface area contributed by atoms with Crippen molar-refractivity contribution in [3.63, 3.8) is 0 Å². The molecule has 1 saturated heterocycles. The normalized spacial score (nSPS) is 17.7. The third-order valence-electron chi connectivity index (χ3n) is 4.67. The molecule has 144 valence electrons. The highest BCUT2D eigenvalue weighted by Crippen LogP contribution is 2.21. The van der Waals surface area contributed by atoms with Gasteiger partial charge in [0.15, 0.2) is 11.7 Å². The van der Waals surface area contributed by atoms with E-state index in [0.717, 1.165) is 36.9 Å². The number of rotatable bonds is 5. The molecule has 7 nitrogen and oxygen atoms in total. The lowest BCUT2D eigenvalue weighted by Crippen LogP contribution is -2.39. The highest BCUT2D eigenvalue weighted by Gasteiger charge is 2.25. The van der Waals surface area contributed by atoms with E-state index >= 15 is 0 Å². The number of hydrogen-bond acceptors (Lipinski definition) is 4. The fourth-order valence-electron chi connectivity index (χ4n) is 3.29. The Morgan fingerprint density at radius 1 is 1.46 bits per heavy atom. The number of hydrogen-bond donors (Lipinski definition) is 1. The zero-order valence-electron chi connectivity index (χ0n) is 16.0. The van der Waals surface area contributed by atoms with Crippen LogP contribution in [-0.4, -0.2) is 45.9 Å². The van der Waals surface area contributed by atoms with Crippen molar-refractivity contribution in [2.24, 2.45) is 18.0 Å². The maximum Gasteiger partial charge on any atom is 0.194 e. The van der Waals surface area contributed by atoms with E-state index in [0.29, 0.717) is 18.4 Å². The smallest absolute Gasteiger partial charge is 0.194 e. The van der Waals surface area contributed by atoms with Gasteiger partial charge in [0, 0.05) is 39.4 Å². The second-order valence-electron chi connectivity index (χ2n) is 7.10. The van der Waals surface area contributed by atoms with E-state index < -0.39 is 0 Å². The maximum atomic E-state index is 5.39. The minimum Gasteiger partial charge on any atom is -0.359 e. The van der Waals surface area contributed by atoms with Crippen molar-refractivity contribution >= 4 is 29.9 Å². The van der Waals surface area contributed by atoms with Gasteiger partial charge in [0.05, 0.1) is 18.4 Å². The Balaban J connectivity index is 0.00000243. The van der Waals surface area contributed by atoms with Gasteiger partial charge in [-0.1, -0.05) is 19.0 Å². The monoisotopic (exact) mass is 472 g/mol. The van der Waals surface area contributed by atoms with Crippen LogP contribution in [0.2, 0.25) is 0 Å². The standard InChI is InChI=1S/C18H28N6O.HI/c1-13(2)17-8-16(25-22-17)10-20-18(19-3)24-6-5-14(12-24)7-15-9-21-23(4)11-15;/h8-9,11,13-14H,5-7,10,12H2,1-4H3,(H,19,20);1H. The fraction of sp³-hybridized carbons (Fsp3) is 0.611. The number of likely N-dealkylation sites (tertiary alicyclic amines) is 1. The molecule has 0 aliphatic carbocycles. The van der Waals surface area contributed by atoms with Gasteiger partial charge < -0.3 is 14.7 Å². The Bertz CT molecular complexity index is 723. The molecule has 26 heavy (non-hydrogen) atoms. The second kappa shape index (κ2) is 9.38. The summed E-state index contributed by atoms with van der Waals surface area (Å²) in [5, 5.41) is 11.8. The van der Waals surface area contributed by atoms with Gasteiger partial charge in [-0.05, 0) is 30.2 Å². The molecule has 2 aromatic heterocycles. The zero-order chi connectivity index (χ0) is 17.8. The molecular weight excluding hydrogens is 443 g/mol. The minimum absolute atomic E-state index is 0. The average Bonchev–Trinajstić information content (AvgIpc) is 3.30. The van der Waals surface area contributed by atoms with Crippen molar-refractivity contribution < 1.29 is 4.52 Å². The average molecular weight is 472 g/mol. The molecule has 0 amide bonds. The first kappa shape index (κ1) is 20.7. The lowest BCUT2D eigenvalue weighted by Gasteiger charge is -2.21. The number of aliphatic imine (C=N–C) groups is 1. The van der Waals surface area contributed by atoms with Crippen molar-refractivity contribution in [2.75, 3.05) is 20.1 Å². The van der Waals surface area contributed by atoms with Crippen LogP contribution in [-0.2, 0) is 20.0 Å². The molecule has 8 heteroatoms. The Morgan fingerprint density at radius 3 is 2.88 bits per heavy atom. The summed E-state index contributed by atoms with van der Waals surface area (Å²) < 4.78 is 7.26. The fourth-order valence-corrected chi connectivity index (χ4v) is 3.29. The molecule has 3 heterocycles. The third kappa shape index (κ3) is 5.21. The number of halogens is 1. The van der Waals surface area contributed by atoms with Crippen LogP contribution in [0.4, 0.5) is 0 Å². The van der Waals surface area contributed by atoms with E-state index in [1.807, 2.05) is 31.0 Å². The first-order chi connectivity index (χ1) is 12.0. The lowest BCUT2D eigenvalue weighted by molar-refractivity contribution is 0.368. The van der Waals surface area contributed by atoms with Gasteiger partial charge >= 0.3 is 0 Å². The summed E-state index contributed by atoms with van der Waals surface area (Å²) in [5.74, 6) is 2.79. The Hall–Kier alpha value is -1.58. The van der Waals surface area contributed by atoms with Gasteiger partial charge in [-0.2, -0.15) is 5.10 Å². The molecule has 1 N–H and O–H groups in total. The minimum atomic E-state index is 0.